The van der Waals surface area contributed by atoms with Crippen molar-refractivity contribution in [3.8, 4) is 5.75 Å². The Morgan fingerprint density at radius 3 is 2.56 bits per heavy atom. The zero-order valence-corrected chi connectivity index (χ0v) is 11.5. The van der Waals surface area contributed by atoms with E-state index in [2.05, 4.69) is 10.6 Å². The number of phenols is 1. The molecule has 0 saturated heterocycles. The van der Waals surface area contributed by atoms with Gasteiger partial charge in [-0.2, -0.15) is 0 Å². The van der Waals surface area contributed by atoms with E-state index in [1.54, 1.807) is 12.1 Å². The lowest BCUT2D eigenvalue weighted by Gasteiger charge is -2.23. The van der Waals surface area contributed by atoms with Crippen LogP contribution in [0.5, 0.6) is 5.75 Å². The van der Waals surface area contributed by atoms with Gasteiger partial charge in [0.25, 0.3) is 0 Å². The van der Waals surface area contributed by atoms with Gasteiger partial charge in [-0.25, -0.2) is 0 Å². The zero-order valence-electron chi connectivity index (χ0n) is 10.7. The fourth-order valence-electron chi connectivity index (χ4n) is 1.27. The summed E-state index contributed by atoms with van der Waals surface area (Å²) >= 11 is 5.13. The van der Waals surface area contributed by atoms with Gasteiger partial charge in [0.15, 0.2) is 5.11 Å². The van der Waals surface area contributed by atoms with Crippen molar-refractivity contribution in [3.63, 3.8) is 0 Å². The Kier molecular flexibility index (Phi) is 5.37. The highest BCUT2D eigenvalue weighted by Crippen LogP contribution is 2.15. The predicted octanol–water partition coefficient (Wildman–Crippen LogP) is 1.37. The van der Waals surface area contributed by atoms with Crippen LogP contribution >= 0.6 is 12.2 Å². The number of hydrogen-bond acceptors (Lipinski definition) is 3. The molecule has 1 aromatic carbocycles. The third-order valence-electron chi connectivity index (χ3n) is 2.59. The highest BCUT2D eigenvalue weighted by Gasteiger charge is 2.16. The Morgan fingerprint density at radius 1 is 1.28 bits per heavy atom. The normalized spacial score (nSPS) is 11.1. The quantitative estimate of drug-likeness (QED) is 0.608. The lowest BCUT2D eigenvalue weighted by Crippen LogP contribution is -2.41. The largest absolute Gasteiger partial charge is 0.508 e. The number of aliphatic hydroxyl groups is 1. The maximum absolute atomic E-state index is 9.58. The van der Waals surface area contributed by atoms with Crippen LogP contribution in [0, 0.1) is 5.41 Å². The van der Waals surface area contributed by atoms with Crippen LogP contribution in [0.15, 0.2) is 24.3 Å². The zero-order chi connectivity index (χ0) is 13.6. The van der Waals surface area contributed by atoms with Gasteiger partial charge in [-0.15, -0.1) is 0 Å². The molecule has 0 amide bonds. The number of nitrogens with one attached hydrogen (secondary N) is 2. The molecule has 0 heterocycles. The smallest absolute Gasteiger partial charge is 0.166 e. The van der Waals surface area contributed by atoms with Gasteiger partial charge >= 0.3 is 0 Å². The van der Waals surface area contributed by atoms with E-state index in [4.69, 9.17) is 17.3 Å². The molecule has 5 heteroatoms. The third kappa shape index (κ3) is 4.89. The first-order valence-electron chi connectivity index (χ1n) is 5.84. The van der Waals surface area contributed by atoms with Gasteiger partial charge in [-0.1, -0.05) is 32.0 Å². The molecule has 0 spiro atoms. The Hall–Kier alpha value is -1.33. The molecule has 0 aromatic heterocycles. The molecule has 4 N–H and O–H groups in total. The minimum atomic E-state index is -0.208. The van der Waals surface area contributed by atoms with Gasteiger partial charge in [0.05, 0.1) is 0 Å². The monoisotopic (exact) mass is 268 g/mol. The number of aromatic hydroxyl groups is 1. The molecule has 0 bridgehead atoms. The van der Waals surface area contributed by atoms with Crippen molar-refractivity contribution >= 4 is 17.3 Å². The van der Waals surface area contributed by atoms with Crippen LogP contribution in [0.4, 0.5) is 0 Å². The maximum atomic E-state index is 9.58. The van der Waals surface area contributed by atoms with Crippen LogP contribution in [-0.4, -0.2) is 28.5 Å². The van der Waals surface area contributed by atoms with Crippen molar-refractivity contribution in [2.24, 2.45) is 5.41 Å². The van der Waals surface area contributed by atoms with Crippen LogP contribution in [0.3, 0.4) is 0 Å². The van der Waals surface area contributed by atoms with Crippen LogP contribution < -0.4 is 10.6 Å². The Balaban J connectivity index is 2.36. The average Bonchev–Trinajstić information content (AvgIpc) is 2.35. The van der Waals surface area contributed by atoms with E-state index in [1.807, 2.05) is 26.0 Å². The van der Waals surface area contributed by atoms with Crippen LogP contribution in [0.25, 0.3) is 0 Å². The van der Waals surface area contributed by atoms with E-state index in [0.717, 1.165) is 5.56 Å². The summed E-state index contributed by atoms with van der Waals surface area (Å²) in [5.74, 6) is 0.253. The van der Waals surface area contributed by atoms with Gasteiger partial charge in [-0.05, 0) is 18.3 Å². The van der Waals surface area contributed by atoms with Gasteiger partial charge in [-0.3, -0.25) is 0 Å². The summed E-state index contributed by atoms with van der Waals surface area (Å²) in [7, 11) is 0. The fraction of sp³-hybridized carbons (Fsp3) is 0.462. The second-order valence-corrected chi connectivity index (χ2v) is 5.40. The third-order valence-corrected chi connectivity index (χ3v) is 2.88. The minimum Gasteiger partial charge on any atom is -0.508 e. The topological polar surface area (TPSA) is 64.5 Å². The number of thiocarbonyl (C=S) groups is 1. The molecule has 100 valence electrons. The van der Waals surface area contributed by atoms with E-state index in [9.17, 15) is 5.11 Å². The molecule has 0 atom stereocenters. The van der Waals surface area contributed by atoms with Gasteiger partial charge in [0.2, 0.25) is 0 Å². The number of hydrogen-bond donors (Lipinski definition) is 4. The number of phenolic OH excluding ortho intramolecular Hbond substituents is 1. The first-order valence-corrected chi connectivity index (χ1v) is 6.25. The van der Waals surface area contributed by atoms with Crippen LogP contribution in [-0.2, 0) is 6.54 Å². The summed E-state index contributed by atoms with van der Waals surface area (Å²) in [5.41, 5.74) is 0.587. The summed E-state index contributed by atoms with van der Waals surface area (Å²) in [6.45, 7) is 5.06. The first-order chi connectivity index (χ1) is 8.44. The molecular weight excluding hydrogens is 248 g/mol. The first kappa shape index (κ1) is 14.7. The molecule has 0 aliphatic rings. The molecule has 0 radical (unpaired) electrons. The lowest BCUT2D eigenvalue weighted by atomic mass is 9.95. The minimum absolute atomic E-state index is 0.0993. The van der Waals surface area contributed by atoms with Crippen LogP contribution in [0.2, 0.25) is 0 Å². The SMILES string of the molecule is CC(C)(CO)CNC(=S)NCc1ccccc1O. The molecule has 18 heavy (non-hydrogen) atoms. The lowest BCUT2D eigenvalue weighted by molar-refractivity contribution is 0.162. The van der Waals surface area contributed by atoms with E-state index in [1.165, 1.54) is 0 Å². The molecule has 0 aliphatic heterocycles. The predicted molar refractivity (Wildman–Crippen MR) is 76.4 cm³/mol. The van der Waals surface area contributed by atoms with E-state index in [0.29, 0.717) is 18.2 Å². The average molecular weight is 268 g/mol. The van der Waals surface area contributed by atoms with Crippen molar-refractivity contribution in [1.82, 2.24) is 10.6 Å². The van der Waals surface area contributed by atoms with Crippen molar-refractivity contribution in [3.05, 3.63) is 29.8 Å². The second-order valence-electron chi connectivity index (χ2n) is 4.99. The summed E-state index contributed by atoms with van der Waals surface area (Å²) in [6, 6.07) is 7.12. The van der Waals surface area contributed by atoms with E-state index >= 15 is 0 Å². The molecule has 0 aliphatic carbocycles. The molecule has 1 aromatic rings. The Bertz CT molecular complexity index is 408. The molecule has 0 fully saturated rings. The number of rotatable bonds is 5. The second kappa shape index (κ2) is 6.56. The van der Waals surface area contributed by atoms with Crippen LogP contribution in [0.1, 0.15) is 19.4 Å². The summed E-state index contributed by atoms with van der Waals surface area (Å²) < 4.78 is 0. The van der Waals surface area contributed by atoms with Crippen molar-refractivity contribution in [2.75, 3.05) is 13.2 Å². The highest BCUT2D eigenvalue weighted by atomic mass is 32.1. The van der Waals surface area contributed by atoms with Gasteiger partial charge < -0.3 is 20.8 Å². The Labute approximate surface area is 113 Å². The number of aliphatic hydroxyl groups excluding tert-OH is 1. The number of benzene rings is 1. The molecule has 0 saturated carbocycles. The molecule has 0 unspecified atom stereocenters. The fourth-order valence-corrected chi connectivity index (χ4v) is 1.42. The molecule has 1 rings (SSSR count). The van der Waals surface area contributed by atoms with E-state index < -0.39 is 0 Å². The van der Waals surface area contributed by atoms with Gasteiger partial charge in [0.1, 0.15) is 5.75 Å². The Morgan fingerprint density at radius 2 is 1.94 bits per heavy atom. The van der Waals surface area contributed by atoms with Gasteiger partial charge in [0, 0.05) is 30.7 Å². The molecule has 4 nitrogen and oxygen atoms in total. The van der Waals surface area contributed by atoms with Crippen molar-refractivity contribution in [2.45, 2.75) is 20.4 Å². The summed E-state index contributed by atoms with van der Waals surface area (Å²) in [4.78, 5) is 0. The molecular formula is C13H20N2O2S. The number of para-hydroxylation sites is 1. The van der Waals surface area contributed by atoms with Crippen molar-refractivity contribution < 1.29 is 10.2 Å². The maximum Gasteiger partial charge on any atom is 0.166 e. The standard InChI is InChI=1S/C13H20N2O2S/c1-13(2,9-16)8-15-12(18)14-7-10-5-3-4-6-11(10)17/h3-6,16-17H,7-9H2,1-2H3,(H2,14,15,18). The summed E-state index contributed by atoms with van der Waals surface area (Å²) in [6.07, 6.45) is 0. The van der Waals surface area contributed by atoms with Crippen molar-refractivity contribution in [1.29, 1.82) is 0 Å². The summed E-state index contributed by atoms with van der Waals surface area (Å²) in [5, 5.41) is 25.3. The highest BCUT2D eigenvalue weighted by molar-refractivity contribution is 7.80. The van der Waals surface area contributed by atoms with E-state index in [-0.39, 0.29) is 17.8 Å².